The SMILES string of the molecule is CCNCCC1=N[C@@H](c2ccc(C)cc2)N(CC)O1. The van der Waals surface area contributed by atoms with Crippen molar-refractivity contribution in [3.63, 3.8) is 0 Å². The lowest BCUT2D eigenvalue weighted by molar-refractivity contribution is -0.0815. The Kier molecular flexibility index (Phi) is 4.93. The molecule has 0 aromatic heterocycles. The van der Waals surface area contributed by atoms with E-state index in [4.69, 9.17) is 9.83 Å². The predicted octanol–water partition coefficient (Wildman–Crippen LogP) is 2.66. The Labute approximate surface area is 115 Å². The van der Waals surface area contributed by atoms with Crippen molar-refractivity contribution in [3.8, 4) is 0 Å². The summed E-state index contributed by atoms with van der Waals surface area (Å²) in [6.07, 6.45) is 0.842. The molecule has 1 N–H and O–H groups in total. The van der Waals surface area contributed by atoms with Crippen LogP contribution >= 0.6 is 0 Å². The van der Waals surface area contributed by atoms with Crippen LogP contribution in [-0.2, 0) is 4.84 Å². The topological polar surface area (TPSA) is 36.9 Å². The van der Waals surface area contributed by atoms with E-state index in [0.29, 0.717) is 0 Å². The molecule has 1 aliphatic rings. The first kappa shape index (κ1) is 14.0. The molecule has 104 valence electrons. The van der Waals surface area contributed by atoms with Gasteiger partial charge in [0.25, 0.3) is 0 Å². The molecule has 2 rings (SSSR count). The Balaban J connectivity index is 2.06. The van der Waals surface area contributed by atoms with Gasteiger partial charge in [-0.1, -0.05) is 36.8 Å². The lowest BCUT2D eigenvalue weighted by Gasteiger charge is -2.19. The van der Waals surface area contributed by atoms with Gasteiger partial charge < -0.3 is 10.2 Å². The summed E-state index contributed by atoms with van der Waals surface area (Å²) in [5.74, 6) is 0.827. The van der Waals surface area contributed by atoms with Gasteiger partial charge in [0, 0.05) is 19.5 Å². The molecule has 0 unspecified atom stereocenters. The number of hydroxylamine groups is 2. The molecule has 1 aliphatic heterocycles. The van der Waals surface area contributed by atoms with E-state index in [0.717, 1.165) is 32.0 Å². The quantitative estimate of drug-likeness (QED) is 0.800. The van der Waals surface area contributed by atoms with E-state index < -0.39 is 0 Å². The molecule has 4 nitrogen and oxygen atoms in total. The summed E-state index contributed by atoms with van der Waals surface area (Å²) in [7, 11) is 0. The Morgan fingerprint density at radius 3 is 2.63 bits per heavy atom. The number of benzene rings is 1. The van der Waals surface area contributed by atoms with Crippen molar-refractivity contribution in [3.05, 3.63) is 35.4 Å². The van der Waals surface area contributed by atoms with Crippen LogP contribution in [0.5, 0.6) is 0 Å². The summed E-state index contributed by atoms with van der Waals surface area (Å²) >= 11 is 0. The van der Waals surface area contributed by atoms with Crippen LogP contribution < -0.4 is 5.32 Å². The first-order chi connectivity index (χ1) is 9.24. The van der Waals surface area contributed by atoms with Crippen molar-refractivity contribution in [2.75, 3.05) is 19.6 Å². The van der Waals surface area contributed by atoms with Crippen LogP contribution in [0.15, 0.2) is 29.3 Å². The van der Waals surface area contributed by atoms with Gasteiger partial charge in [0.15, 0.2) is 6.17 Å². The van der Waals surface area contributed by atoms with Crippen molar-refractivity contribution in [2.45, 2.75) is 33.4 Å². The Bertz CT molecular complexity index is 428. The minimum atomic E-state index is 0.00206. The smallest absolute Gasteiger partial charge is 0.213 e. The molecule has 0 saturated carbocycles. The highest BCUT2D eigenvalue weighted by Crippen LogP contribution is 2.28. The molecule has 1 heterocycles. The summed E-state index contributed by atoms with van der Waals surface area (Å²) in [5.41, 5.74) is 2.45. The number of hydrogen-bond acceptors (Lipinski definition) is 4. The van der Waals surface area contributed by atoms with Gasteiger partial charge in [-0.2, -0.15) is 0 Å². The summed E-state index contributed by atoms with van der Waals surface area (Å²) in [5, 5.41) is 5.23. The second kappa shape index (κ2) is 6.68. The minimum Gasteiger partial charge on any atom is -0.388 e. The van der Waals surface area contributed by atoms with Crippen molar-refractivity contribution in [2.24, 2.45) is 4.99 Å². The molecule has 0 amide bonds. The highest BCUT2D eigenvalue weighted by Gasteiger charge is 2.28. The summed E-state index contributed by atoms with van der Waals surface area (Å²) in [6, 6.07) is 8.50. The van der Waals surface area contributed by atoms with Crippen molar-refractivity contribution in [1.29, 1.82) is 0 Å². The van der Waals surface area contributed by atoms with Gasteiger partial charge in [-0.15, -0.1) is 5.06 Å². The standard InChI is InChI=1S/C15H23N3O/c1-4-16-11-10-14-17-15(18(5-2)19-14)13-8-6-12(3)7-9-13/h6-9,15-16H,4-5,10-11H2,1-3H3/t15-/m1/s1. The third-order valence-electron chi connectivity index (χ3n) is 3.21. The average molecular weight is 261 g/mol. The third-order valence-corrected chi connectivity index (χ3v) is 3.21. The molecule has 0 bridgehead atoms. The van der Waals surface area contributed by atoms with Crippen LogP contribution in [0.2, 0.25) is 0 Å². The first-order valence-corrected chi connectivity index (χ1v) is 7.03. The third kappa shape index (κ3) is 3.55. The maximum atomic E-state index is 5.80. The average Bonchev–Trinajstić information content (AvgIpc) is 2.83. The summed E-state index contributed by atoms with van der Waals surface area (Å²) in [6.45, 7) is 9.00. The first-order valence-electron chi connectivity index (χ1n) is 7.03. The van der Waals surface area contributed by atoms with E-state index in [1.165, 1.54) is 11.1 Å². The van der Waals surface area contributed by atoms with Crippen LogP contribution in [0.4, 0.5) is 0 Å². The molecule has 1 aromatic rings. The monoisotopic (exact) mass is 261 g/mol. The van der Waals surface area contributed by atoms with Gasteiger partial charge in [-0.05, 0) is 26.0 Å². The van der Waals surface area contributed by atoms with Crippen LogP contribution in [-0.4, -0.2) is 30.6 Å². The van der Waals surface area contributed by atoms with E-state index in [1.54, 1.807) is 0 Å². The fraction of sp³-hybridized carbons (Fsp3) is 0.533. The lowest BCUT2D eigenvalue weighted by Crippen LogP contribution is -2.24. The maximum Gasteiger partial charge on any atom is 0.213 e. The number of nitrogens with one attached hydrogen (secondary N) is 1. The van der Waals surface area contributed by atoms with E-state index >= 15 is 0 Å². The molecule has 1 atom stereocenters. The fourth-order valence-electron chi connectivity index (χ4n) is 2.11. The molecule has 19 heavy (non-hydrogen) atoms. The van der Waals surface area contributed by atoms with Gasteiger partial charge in [-0.25, -0.2) is 4.99 Å². The van der Waals surface area contributed by atoms with Gasteiger partial charge in [-0.3, -0.25) is 0 Å². The van der Waals surface area contributed by atoms with E-state index in [2.05, 4.69) is 50.4 Å². The largest absolute Gasteiger partial charge is 0.388 e. The van der Waals surface area contributed by atoms with Crippen molar-refractivity contribution in [1.82, 2.24) is 10.4 Å². The highest BCUT2D eigenvalue weighted by atomic mass is 16.7. The zero-order valence-electron chi connectivity index (χ0n) is 12.0. The predicted molar refractivity (Wildman–Crippen MR) is 78.0 cm³/mol. The second-order valence-corrected chi connectivity index (χ2v) is 4.74. The summed E-state index contributed by atoms with van der Waals surface area (Å²) < 4.78 is 0. The van der Waals surface area contributed by atoms with Crippen molar-refractivity contribution < 1.29 is 4.84 Å². The van der Waals surface area contributed by atoms with Gasteiger partial charge in [0.2, 0.25) is 5.90 Å². The van der Waals surface area contributed by atoms with Crippen LogP contribution in [0.3, 0.4) is 0 Å². The van der Waals surface area contributed by atoms with Gasteiger partial charge in [0.05, 0.1) is 0 Å². The number of aliphatic imine (C=N–C) groups is 1. The Hall–Kier alpha value is -1.39. The minimum absolute atomic E-state index is 0.00206. The Morgan fingerprint density at radius 1 is 1.26 bits per heavy atom. The zero-order chi connectivity index (χ0) is 13.7. The number of hydrogen-bond donors (Lipinski definition) is 1. The molecule has 1 aromatic carbocycles. The zero-order valence-corrected chi connectivity index (χ0v) is 12.0. The maximum absolute atomic E-state index is 5.80. The second-order valence-electron chi connectivity index (χ2n) is 4.74. The number of nitrogens with zero attached hydrogens (tertiary/aromatic N) is 2. The molecule has 0 fully saturated rings. The van der Waals surface area contributed by atoms with E-state index in [9.17, 15) is 0 Å². The van der Waals surface area contributed by atoms with E-state index in [-0.39, 0.29) is 6.17 Å². The fourth-order valence-corrected chi connectivity index (χ4v) is 2.11. The summed E-state index contributed by atoms with van der Waals surface area (Å²) in [4.78, 5) is 10.5. The molecular weight excluding hydrogens is 238 g/mol. The highest BCUT2D eigenvalue weighted by molar-refractivity contribution is 5.77. The molecular formula is C15H23N3O. The number of rotatable bonds is 6. The van der Waals surface area contributed by atoms with Crippen LogP contribution in [0, 0.1) is 6.92 Å². The Morgan fingerprint density at radius 2 is 2.00 bits per heavy atom. The van der Waals surface area contributed by atoms with Crippen LogP contribution in [0.1, 0.15) is 37.6 Å². The van der Waals surface area contributed by atoms with Gasteiger partial charge >= 0.3 is 0 Å². The molecule has 0 saturated heterocycles. The number of aryl methyl sites for hydroxylation is 1. The molecule has 4 heteroatoms. The van der Waals surface area contributed by atoms with Crippen LogP contribution in [0.25, 0.3) is 0 Å². The van der Waals surface area contributed by atoms with Crippen molar-refractivity contribution >= 4 is 5.90 Å². The molecule has 0 radical (unpaired) electrons. The normalized spacial score (nSPS) is 19.3. The van der Waals surface area contributed by atoms with Gasteiger partial charge in [0.1, 0.15) is 0 Å². The van der Waals surface area contributed by atoms with E-state index in [1.807, 2.05) is 5.06 Å². The molecule has 0 spiro atoms. The lowest BCUT2D eigenvalue weighted by atomic mass is 10.1. The molecule has 0 aliphatic carbocycles.